The molecule has 0 atom stereocenters. The van der Waals surface area contributed by atoms with Crippen molar-refractivity contribution in [2.24, 2.45) is 0 Å². The summed E-state index contributed by atoms with van der Waals surface area (Å²) in [5, 5.41) is 0. The number of amides is 1. The standard InChI is InChI=1S/C21H24BrN3O3/c1-21(2,3)28-20(26)24-11-9-15(10-12-24)27-17-6-4-5-16-19(17)25-13-14(22)7-8-18(25)23-16/h4-8,13,15H,9-12H2,1-3H3. The minimum atomic E-state index is -0.475. The number of pyridine rings is 1. The van der Waals surface area contributed by atoms with Crippen molar-refractivity contribution in [3.63, 3.8) is 0 Å². The molecule has 28 heavy (non-hydrogen) atoms. The molecule has 0 unspecified atom stereocenters. The van der Waals surface area contributed by atoms with Crippen LogP contribution in [0.1, 0.15) is 33.6 Å². The van der Waals surface area contributed by atoms with E-state index in [2.05, 4.69) is 20.9 Å². The first-order chi connectivity index (χ1) is 13.3. The summed E-state index contributed by atoms with van der Waals surface area (Å²) in [6.07, 6.45) is 3.36. The molecule has 0 radical (unpaired) electrons. The Morgan fingerprint density at radius 1 is 1.18 bits per heavy atom. The molecule has 1 fully saturated rings. The zero-order valence-corrected chi connectivity index (χ0v) is 17.9. The van der Waals surface area contributed by atoms with Gasteiger partial charge in [0.1, 0.15) is 28.6 Å². The highest BCUT2D eigenvalue weighted by Crippen LogP contribution is 2.30. The van der Waals surface area contributed by atoms with Crippen molar-refractivity contribution in [2.45, 2.75) is 45.3 Å². The van der Waals surface area contributed by atoms with Crippen LogP contribution in [0.2, 0.25) is 0 Å². The number of nitrogens with zero attached hydrogens (tertiary/aromatic N) is 3. The zero-order chi connectivity index (χ0) is 19.9. The van der Waals surface area contributed by atoms with Gasteiger partial charge in [0, 0.05) is 36.6 Å². The number of carbonyl (C=O) groups is 1. The van der Waals surface area contributed by atoms with Gasteiger partial charge in [0.25, 0.3) is 0 Å². The lowest BCUT2D eigenvalue weighted by atomic mass is 10.1. The number of hydrogen-bond donors (Lipinski definition) is 0. The number of imidazole rings is 1. The number of benzene rings is 1. The van der Waals surface area contributed by atoms with E-state index in [-0.39, 0.29) is 12.2 Å². The molecule has 0 aliphatic carbocycles. The maximum Gasteiger partial charge on any atom is 0.410 e. The molecule has 1 aliphatic rings. The number of rotatable bonds is 2. The summed E-state index contributed by atoms with van der Waals surface area (Å²) in [4.78, 5) is 18.7. The van der Waals surface area contributed by atoms with Gasteiger partial charge >= 0.3 is 6.09 Å². The van der Waals surface area contributed by atoms with Crippen molar-refractivity contribution in [1.29, 1.82) is 0 Å². The van der Waals surface area contributed by atoms with Crippen LogP contribution >= 0.6 is 15.9 Å². The van der Waals surface area contributed by atoms with E-state index in [1.807, 2.05) is 61.7 Å². The van der Waals surface area contributed by atoms with Crippen LogP contribution in [0.15, 0.2) is 41.0 Å². The van der Waals surface area contributed by atoms with Gasteiger partial charge in [-0.1, -0.05) is 6.07 Å². The van der Waals surface area contributed by atoms with Gasteiger partial charge in [0.05, 0.1) is 5.52 Å². The van der Waals surface area contributed by atoms with Gasteiger partial charge < -0.3 is 14.4 Å². The Labute approximate surface area is 172 Å². The van der Waals surface area contributed by atoms with Crippen molar-refractivity contribution < 1.29 is 14.3 Å². The van der Waals surface area contributed by atoms with E-state index < -0.39 is 5.60 Å². The summed E-state index contributed by atoms with van der Waals surface area (Å²) in [5.41, 5.74) is 2.28. The Hall–Kier alpha value is -2.28. The van der Waals surface area contributed by atoms with E-state index in [9.17, 15) is 4.79 Å². The Bertz CT molecular complexity index is 1020. The van der Waals surface area contributed by atoms with Crippen LogP contribution in [0.3, 0.4) is 0 Å². The molecule has 4 rings (SSSR count). The number of para-hydroxylation sites is 1. The SMILES string of the molecule is CC(C)(C)OC(=O)N1CCC(Oc2cccc3nc4ccc(Br)cn4c23)CC1. The minimum absolute atomic E-state index is 0.0574. The summed E-state index contributed by atoms with van der Waals surface area (Å²) < 4.78 is 14.8. The van der Waals surface area contributed by atoms with Crippen LogP contribution in [0, 0.1) is 0 Å². The van der Waals surface area contributed by atoms with E-state index in [4.69, 9.17) is 9.47 Å². The third-order valence-electron chi connectivity index (χ3n) is 4.73. The summed E-state index contributed by atoms with van der Waals surface area (Å²) in [6.45, 7) is 6.92. The molecule has 1 amide bonds. The van der Waals surface area contributed by atoms with Gasteiger partial charge in [-0.3, -0.25) is 4.40 Å². The lowest BCUT2D eigenvalue weighted by Crippen LogP contribution is -2.44. The van der Waals surface area contributed by atoms with E-state index in [1.165, 1.54) is 0 Å². The third-order valence-corrected chi connectivity index (χ3v) is 5.20. The molecule has 0 N–H and O–H groups in total. The van der Waals surface area contributed by atoms with Gasteiger partial charge in [-0.15, -0.1) is 0 Å². The van der Waals surface area contributed by atoms with Crippen LogP contribution in [0.4, 0.5) is 4.79 Å². The molecular formula is C21H24BrN3O3. The third kappa shape index (κ3) is 3.94. The van der Waals surface area contributed by atoms with E-state index in [0.29, 0.717) is 13.1 Å². The van der Waals surface area contributed by atoms with Gasteiger partial charge in [-0.25, -0.2) is 9.78 Å². The molecular weight excluding hydrogens is 422 g/mol. The van der Waals surface area contributed by atoms with Gasteiger partial charge in [0.15, 0.2) is 0 Å². The minimum Gasteiger partial charge on any atom is -0.488 e. The number of ether oxygens (including phenoxy) is 2. The highest BCUT2D eigenvalue weighted by Gasteiger charge is 2.28. The van der Waals surface area contributed by atoms with E-state index in [1.54, 1.807) is 4.90 Å². The fraction of sp³-hybridized carbons (Fsp3) is 0.429. The molecule has 6 nitrogen and oxygen atoms in total. The first-order valence-electron chi connectivity index (χ1n) is 9.51. The highest BCUT2D eigenvalue weighted by atomic mass is 79.9. The Morgan fingerprint density at radius 2 is 1.93 bits per heavy atom. The van der Waals surface area contributed by atoms with Crippen LogP contribution in [-0.4, -0.2) is 45.2 Å². The molecule has 3 heterocycles. The maximum atomic E-state index is 12.2. The van der Waals surface area contributed by atoms with Gasteiger partial charge in [0.2, 0.25) is 0 Å². The van der Waals surface area contributed by atoms with Crippen molar-refractivity contribution in [2.75, 3.05) is 13.1 Å². The van der Waals surface area contributed by atoms with Crippen LogP contribution in [0.25, 0.3) is 16.7 Å². The average Bonchev–Trinajstić information content (AvgIpc) is 2.99. The van der Waals surface area contributed by atoms with Crippen LogP contribution in [0.5, 0.6) is 5.75 Å². The Kier molecular flexibility index (Phi) is 4.95. The van der Waals surface area contributed by atoms with Crippen molar-refractivity contribution >= 4 is 38.7 Å². The Morgan fingerprint density at radius 3 is 2.64 bits per heavy atom. The quantitative estimate of drug-likeness (QED) is 0.554. The van der Waals surface area contributed by atoms with Crippen molar-refractivity contribution in [1.82, 2.24) is 14.3 Å². The van der Waals surface area contributed by atoms with E-state index >= 15 is 0 Å². The number of aromatic nitrogens is 2. The second-order valence-corrected chi connectivity index (χ2v) is 9.01. The van der Waals surface area contributed by atoms with Gasteiger partial charge in [-0.2, -0.15) is 0 Å². The fourth-order valence-corrected chi connectivity index (χ4v) is 3.80. The molecule has 1 aromatic carbocycles. The van der Waals surface area contributed by atoms with Crippen molar-refractivity contribution in [3.8, 4) is 5.75 Å². The first kappa shape index (κ1) is 19.1. The Balaban J connectivity index is 1.50. The highest BCUT2D eigenvalue weighted by molar-refractivity contribution is 9.10. The molecule has 0 bridgehead atoms. The lowest BCUT2D eigenvalue weighted by Gasteiger charge is -2.33. The number of hydrogen-bond acceptors (Lipinski definition) is 4. The predicted octanol–water partition coefficient (Wildman–Crippen LogP) is 5.03. The lowest BCUT2D eigenvalue weighted by molar-refractivity contribution is 0.0127. The largest absolute Gasteiger partial charge is 0.488 e. The van der Waals surface area contributed by atoms with Crippen LogP contribution < -0.4 is 4.74 Å². The number of carbonyl (C=O) groups excluding carboxylic acids is 1. The monoisotopic (exact) mass is 445 g/mol. The summed E-state index contributed by atoms with van der Waals surface area (Å²) in [6, 6.07) is 9.90. The fourth-order valence-electron chi connectivity index (χ4n) is 3.46. The van der Waals surface area contributed by atoms with E-state index in [0.717, 1.165) is 39.7 Å². The first-order valence-corrected chi connectivity index (χ1v) is 10.3. The topological polar surface area (TPSA) is 56.1 Å². The predicted molar refractivity (Wildman–Crippen MR) is 112 cm³/mol. The normalized spacial score (nSPS) is 15.9. The van der Waals surface area contributed by atoms with Crippen LogP contribution in [-0.2, 0) is 4.74 Å². The smallest absolute Gasteiger partial charge is 0.410 e. The molecule has 1 saturated heterocycles. The van der Waals surface area contributed by atoms with Crippen molar-refractivity contribution in [3.05, 3.63) is 41.0 Å². The molecule has 7 heteroatoms. The number of halogens is 1. The average molecular weight is 446 g/mol. The molecule has 0 saturated carbocycles. The molecule has 2 aromatic heterocycles. The number of piperidine rings is 1. The molecule has 148 valence electrons. The molecule has 0 spiro atoms. The summed E-state index contributed by atoms with van der Waals surface area (Å²) >= 11 is 3.53. The summed E-state index contributed by atoms with van der Waals surface area (Å²) in [5.74, 6) is 0.818. The number of fused-ring (bicyclic) bond motifs is 3. The molecule has 1 aliphatic heterocycles. The zero-order valence-electron chi connectivity index (χ0n) is 16.3. The van der Waals surface area contributed by atoms with Gasteiger partial charge in [-0.05, 0) is 61.0 Å². The number of likely N-dealkylation sites (tertiary alicyclic amines) is 1. The maximum absolute atomic E-state index is 12.2. The summed E-state index contributed by atoms with van der Waals surface area (Å²) in [7, 11) is 0. The second kappa shape index (κ2) is 7.28. The second-order valence-electron chi connectivity index (χ2n) is 8.10. The molecule has 3 aromatic rings.